The van der Waals surface area contributed by atoms with Crippen molar-refractivity contribution in [3.05, 3.63) is 95.0 Å². The van der Waals surface area contributed by atoms with Crippen molar-refractivity contribution in [2.75, 3.05) is 13.1 Å². The van der Waals surface area contributed by atoms with Crippen LogP contribution in [0.15, 0.2) is 61.1 Å². The maximum absolute atomic E-state index is 15.2. The third-order valence-corrected chi connectivity index (χ3v) is 6.84. The van der Waals surface area contributed by atoms with E-state index in [1.54, 1.807) is 19.1 Å². The lowest BCUT2D eigenvalue weighted by Gasteiger charge is -2.27. The van der Waals surface area contributed by atoms with Crippen molar-refractivity contribution >= 4 is 40.9 Å². The first-order valence-corrected chi connectivity index (χ1v) is 12.8. The molecule has 0 spiro atoms. The lowest BCUT2D eigenvalue weighted by atomic mass is 9.98. The number of aromatic nitrogens is 3. The first-order chi connectivity index (χ1) is 19.3. The largest absolute Gasteiger partial charge is 0.507 e. The smallest absolute Gasteiger partial charge is 0.270 e. The van der Waals surface area contributed by atoms with Crippen molar-refractivity contribution in [2.45, 2.75) is 31.8 Å². The summed E-state index contributed by atoms with van der Waals surface area (Å²) in [5, 5.41) is 20.0. The molecule has 2 aromatic carbocycles. The average Bonchev–Trinajstić information content (AvgIpc) is 3.18. The number of nitrogens with one attached hydrogen (secondary N) is 3. The molecule has 5 rings (SSSR count). The first-order valence-electron chi connectivity index (χ1n) is 12.8. The van der Waals surface area contributed by atoms with Gasteiger partial charge in [-0.05, 0) is 56.6 Å². The number of ketones is 1. The van der Waals surface area contributed by atoms with E-state index in [0.29, 0.717) is 24.0 Å². The maximum Gasteiger partial charge on any atom is 0.270 e. The highest BCUT2D eigenvalue weighted by atomic mass is 35.5. The van der Waals surface area contributed by atoms with E-state index >= 15 is 4.39 Å². The summed E-state index contributed by atoms with van der Waals surface area (Å²) < 4.78 is 15.2. The molecule has 1 aliphatic heterocycles. The Hall–Kier alpha value is -4.48. The van der Waals surface area contributed by atoms with Crippen LogP contribution in [0.25, 0.3) is 10.9 Å². The molecule has 1 fully saturated rings. The van der Waals surface area contributed by atoms with Gasteiger partial charge in [-0.3, -0.25) is 19.4 Å². The Morgan fingerprint density at radius 3 is 2.46 bits per heavy atom. The Morgan fingerprint density at radius 1 is 1.00 bits per heavy atom. The first kappa shape index (κ1) is 29.5. The maximum atomic E-state index is 15.2. The summed E-state index contributed by atoms with van der Waals surface area (Å²) in [4.78, 5) is 50.9. The minimum absolute atomic E-state index is 0. The predicted octanol–water partition coefficient (Wildman–Crippen LogP) is 3.11. The molecule has 41 heavy (non-hydrogen) atoms. The van der Waals surface area contributed by atoms with Crippen molar-refractivity contribution in [3.8, 4) is 5.75 Å². The van der Waals surface area contributed by atoms with Gasteiger partial charge in [-0.15, -0.1) is 12.4 Å². The molecule has 4 N–H and O–H groups in total. The van der Waals surface area contributed by atoms with Gasteiger partial charge in [-0.25, -0.2) is 14.4 Å². The molecule has 1 aliphatic rings. The predicted molar refractivity (Wildman–Crippen MR) is 152 cm³/mol. The van der Waals surface area contributed by atoms with Crippen molar-refractivity contribution in [1.29, 1.82) is 0 Å². The number of amides is 2. The summed E-state index contributed by atoms with van der Waals surface area (Å²) in [6.07, 6.45) is 4.21. The molecule has 2 aromatic heterocycles. The van der Waals surface area contributed by atoms with E-state index in [-0.39, 0.29) is 58.6 Å². The summed E-state index contributed by atoms with van der Waals surface area (Å²) in [5.74, 6) is -2.86. The van der Waals surface area contributed by atoms with E-state index in [4.69, 9.17) is 0 Å². The molecule has 12 heteroatoms. The average molecular weight is 579 g/mol. The fourth-order valence-corrected chi connectivity index (χ4v) is 4.73. The highest BCUT2D eigenvalue weighted by Gasteiger charge is 2.28. The molecule has 10 nitrogen and oxygen atoms in total. The number of carbonyl (C=O) groups excluding carboxylic acids is 3. The Kier molecular flexibility index (Phi) is 9.21. The number of hydrogen-bond acceptors (Lipinski definition) is 8. The van der Waals surface area contributed by atoms with Gasteiger partial charge in [0.2, 0.25) is 0 Å². The van der Waals surface area contributed by atoms with Gasteiger partial charge < -0.3 is 21.1 Å². The van der Waals surface area contributed by atoms with E-state index in [0.717, 1.165) is 13.0 Å². The van der Waals surface area contributed by atoms with E-state index < -0.39 is 22.9 Å². The summed E-state index contributed by atoms with van der Waals surface area (Å²) in [7, 11) is 0. The van der Waals surface area contributed by atoms with Gasteiger partial charge in [0.25, 0.3) is 11.8 Å². The van der Waals surface area contributed by atoms with E-state index in [1.165, 1.54) is 48.9 Å². The molecule has 0 radical (unpaired) electrons. The van der Waals surface area contributed by atoms with Crippen LogP contribution in [0.3, 0.4) is 0 Å². The zero-order valence-electron chi connectivity index (χ0n) is 22.1. The zero-order chi connectivity index (χ0) is 28.2. The Labute approximate surface area is 241 Å². The third-order valence-electron chi connectivity index (χ3n) is 6.84. The van der Waals surface area contributed by atoms with Gasteiger partial charge in [0.05, 0.1) is 12.1 Å². The second-order valence-corrected chi connectivity index (χ2v) is 9.62. The fraction of sp³-hybridized carbons (Fsp3) is 0.241. The van der Waals surface area contributed by atoms with E-state index in [9.17, 15) is 19.5 Å². The second kappa shape index (κ2) is 12.8. The highest BCUT2D eigenvalue weighted by Crippen LogP contribution is 2.30. The number of rotatable bonds is 6. The number of phenolic OH excluding ortho intramolecular Hbond substituents is 1. The molecular weight excluding hydrogens is 551 g/mol. The highest BCUT2D eigenvalue weighted by molar-refractivity contribution is 6.13. The summed E-state index contributed by atoms with van der Waals surface area (Å²) in [5.41, 5.74) is 0.712. The number of pyridine rings is 1. The molecule has 2 amide bonds. The Bertz CT molecular complexity index is 1590. The van der Waals surface area contributed by atoms with Crippen LogP contribution in [0.2, 0.25) is 0 Å². The summed E-state index contributed by atoms with van der Waals surface area (Å²) in [6, 6.07) is 11.1. The molecule has 0 aliphatic carbocycles. The monoisotopic (exact) mass is 578 g/mol. The minimum atomic E-state index is -0.900. The van der Waals surface area contributed by atoms with Crippen molar-refractivity contribution in [3.63, 3.8) is 0 Å². The minimum Gasteiger partial charge on any atom is -0.507 e. The van der Waals surface area contributed by atoms with Crippen LogP contribution in [0, 0.1) is 12.7 Å². The van der Waals surface area contributed by atoms with Crippen molar-refractivity contribution in [1.82, 2.24) is 30.9 Å². The number of nitrogens with zero attached hydrogens (tertiary/aromatic N) is 3. The van der Waals surface area contributed by atoms with Crippen LogP contribution in [-0.2, 0) is 0 Å². The molecule has 0 bridgehead atoms. The number of carbonyl (C=O) groups is 3. The van der Waals surface area contributed by atoms with Crippen LogP contribution in [0.1, 0.15) is 55.3 Å². The molecular formula is C29H28ClFN6O4. The molecule has 2 atom stereocenters. The van der Waals surface area contributed by atoms with Crippen LogP contribution in [0.5, 0.6) is 5.75 Å². The topological polar surface area (TPSA) is 146 Å². The Morgan fingerprint density at radius 2 is 1.73 bits per heavy atom. The molecule has 0 saturated carbocycles. The third kappa shape index (κ3) is 6.47. The van der Waals surface area contributed by atoms with Gasteiger partial charge >= 0.3 is 0 Å². The fourth-order valence-electron chi connectivity index (χ4n) is 4.73. The standard InChI is InChI=1S/C29H27FN6O4.ClH/c1-16-4-5-19-13-23(37)24(25(30)26(19)34-16)27(38)17-6-8-18(9-7-17)28(39)35-20-3-2-11-31-14-22(20)36-29(40)21-10-12-32-15-33-21;/h4-10,12-13,15,20,22,31,37H,2-3,11,14H2,1H3,(H,35,39)(H,36,40);1H/t20-,22-;/m1./s1. The number of halogens is 2. The summed E-state index contributed by atoms with van der Waals surface area (Å²) in [6.45, 7) is 2.91. The molecule has 0 unspecified atom stereocenters. The molecule has 212 valence electrons. The van der Waals surface area contributed by atoms with Gasteiger partial charge in [0.1, 0.15) is 28.9 Å². The Balaban J connectivity index is 0.00000387. The van der Waals surface area contributed by atoms with Crippen molar-refractivity contribution < 1.29 is 23.9 Å². The molecule has 4 aromatic rings. The summed E-state index contributed by atoms with van der Waals surface area (Å²) >= 11 is 0. The normalized spacial score (nSPS) is 16.7. The number of phenols is 1. The van der Waals surface area contributed by atoms with Crippen LogP contribution in [-0.4, -0.2) is 62.8 Å². The van der Waals surface area contributed by atoms with Crippen LogP contribution >= 0.6 is 12.4 Å². The van der Waals surface area contributed by atoms with Crippen LogP contribution in [0.4, 0.5) is 4.39 Å². The SMILES string of the molecule is Cc1ccc2cc(O)c(C(=O)c3ccc(C(=O)N[C@@H]4CCCNC[C@H]4NC(=O)c4ccncn4)cc3)c(F)c2n1.Cl. The van der Waals surface area contributed by atoms with Gasteiger partial charge in [-0.2, -0.15) is 0 Å². The molecule has 3 heterocycles. The lowest BCUT2D eigenvalue weighted by Crippen LogP contribution is -2.54. The lowest BCUT2D eigenvalue weighted by molar-refractivity contribution is 0.0880. The van der Waals surface area contributed by atoms with Crippen LogP contribution < -0.4 is 16.0 Å². The number of fused-ring (bicyclic) bond motifs is 1. The van der Waals surface area contributed by atoms with Crippen molar-refractivity contribution in [2.24, 2.45) is 0 Å². The van der Waals surface area contributed by atoms with Gasteiger partial charge in [-0.1, -0.05) is 18.2 Å². The van der Waals surface area contributed by atoms with Gasteiger partial charge in [0, 0.05) is 34.9 Å². The molecule has 1 saturated heterocycles. The number of aromatic hydroxyl groups is 1. The van der Waals surface area contributed by atoms with E-state index in [1.807, 2.05) is 0 Å². The quantitative estimate of drug-likeness (QED) is 0.255. The number of benzene rings is 2. The van der Waals surface area contributed by atoms with E-state index in [2.05, 4.69) is 30.9 Å². The van der Waals surface area contributed by atoms with Gasteiger partial charge in [0.15, 0.2) is 11.6 Å². The second-order valence-electron chi connectivity index (χ2n) is 9.62. The number of aryl methyl sites for hydroxylation is 1. The number of hydrogen-bond donors (Lipinski definition) is 4. The zero-order valence-corrected chi connectivity index (χ0v) is 22.9.